The number of fused-ring (bicyclic) bond motifs is 1. The summed E-state index contributed by atoms with van der Waals surface area (Å²) in [6.45, 7) is 2.19. The van der Waals surface area contributed by atoms with Crippen LogP contribution in [0.5, 0.6) is 0 Å². The largest absolute Gasteiger partial charge is 0.437 e. The summed E-state index contributed by atoms with van der Waals surface area (Å²) in [4.78, 5) is 20.2. The van der Waals surface area contributed by atoms with Gasteiger partial charge in [-0.05, 0) is 25.1 Å². The lowest BCUT2D eigenvalue weighted by molar-refractivity contribution is -0.122. The molecule has 3 aromatic rings. The normalized spacial score (nSPS) is 12.4. The number of nitrogens with zero attached hydrogens (tertiary/aromatic N) is 4. The highest BCUT2D eigenvalue weighted by Crippen LogP contribution is 2.12. The van der Waals surface area contributed by atoms with Crippen molar-refractivity contribution < 1.29 is 9.21 Å². The molecule has 108 valence electrons. The molecule has 0 saturated carbocycles. The summed E-state index contributed by atoms with van der Waals surface area (Å²) in [6, 6.07) is 5.41. The summed E-state index contributed by atoms with van der Waals surface area (Å²) in [7, 11) is 0. The highest BCUT2D eigenvalue weighted by Gasteiger charge is 2.12. The van der Waals surface area contributed by atoms with E-state index in [9.17, 15) is 4.79 Å². The molecule has 21 heavy (non-hydrogen) atoms. The van der Waals surface area contributed by atoms with Crippen molar-refractivity contribution in [3.8, 4) is 0 Å². The molecule has 0 radical (unpaired) electrons. The first-order valence-corrected chi connectivity index (χ1v) is 6.68. The predicted octanol–water partition coefficient (Wildman–Crippen LogP) is 1.69. The summed E-state index contributed by atoms with van der Waals surface area (Å²) in [5.41, 5.74) is 1.17. The second-order valence-corrected chi connectivity index (χ2v) is 4.75. The first kappa shape index (κ1) is 13.3. The van der Waals surface area contributed by atoms with E-state index in [0.717, 1.165) is 0 Å². The summed E-state index contributed by atoms with van der Waals surface area (Å²) in [5.74, 6) is 0.372. The zero-order chi connectivity index (χ0) is 14.7. The molecule has 1 amide bonds. The van der Waals surface area contributed by atoms with Gasteiger partial charge in [0.25, 0.3) is 0 Å². The Balaban J connectivity index is 1.56. The van der Waals surface area contributed by atoms with Crippen molar-refractivity contribution >= 4 is 17.1 Å². The van der Waals surface area contributed by atoms with Crippen molar-refractivity contribution in [2.24, 2.45) is 0 Å². The predicted molar refractivity (Wildman–Crippen MR) is 75.2 cm³/mol. The molecular formula is C14H15N5O2. The highest BCUT2D eigenvalue weighted by molar-refractivity contribution is 5.76. The van der Waals surface area contributed by atoms with Crippen LogP contribution < -0.4 is 5.32 Å². The first-order chi connectivity index (χ1) is 10.2. The SMILES string of the molecule is CC(CC(=O)NCc1nc2ncccc2o1)n1cccn1. The lowest BCUT2D eigenvalue weighted by Crippen LogP contribution is -2.25. The van der Waals surface area contributed by atoms with Crippen LogP contribution in [-0.4, -0.2) is 25.7 Å². The van der Waals surface area contributed by atoms with Gasteiger partial charge in [0.1, 0.15) is 0 Å². The number of oxazole rings is 1. The minimum absolute atomic E-state index is 0.00491. The Morgan fingerprint density at radius 3 is 3.10 bits per heavy atom. The van der Waals surface area contributed by atoms with Gasteiger partial charge >= 0.3 is 0 Å². The van der Waals surface area contributed by atoms with Gasteiger partial charge in [-0.3, -0.25) is 9.48 Å². The minimum atomic E-state index is -0.0757. The fourth-order valence-corrected chi connectivity index (χ4v) is 2.04. The third-order valence-corrected chi connectivity index (χ3v) is 3.10. The first-order valence-electron chi connectivity index (χ1n) is 6.68. The van der Waals surface area contributed by atoms with Crippen LogP contribution in [0.15, 0.2) is 41.2 Å². The lowest BCUT2D eigenvalue weighted by atomic mass is 10.2. The van der Waals surface area contributed by atoms with Gasteiger partial charge in [-0.1, -0.05) is 0 Å². The van der Waals surface area contributed by atoms with Gasteiger partial charge in [0.2, 0.25) is 11.8 Å². The van der Waals surface area contributed by atoms with Crippen molar-refractivity contribution in [1.29, 1.82) is 0 Å². The maximum absolute atomic E-state index is 11.9. The van der Waals surface area contributed by atoms with Crippen molar-refractivity contribution in [2.75, 3.05) is 0 Å². The van der Waals surface area contributed by atoms with Crippen LogP contribution in [0, 0.1) is 0 Å². The third-order valence-electron chi connectivity index (χ3n) is 3.10. The molecule has 0 aliphatic heterocycles. The summed E-state index contributed by atoms with van der Waals surface area (Å²) < 4.78 is 7.24. The van der Waals surface area contributed by atoms with Gasteiger partial charge in [0.05, 0.1) is 12.6 Å². The van der Waals surface area contributed by atoms with E-state index >= 15 is 0 Å². The molecule has 7 heteroatoms. The topological polar surface area (TPSA) is 85.8 Å². The van der Waals surface area contributed by atoms with Crippen LogP contribution in [0.25, 0.3) is 11.2 Å². The molecule has 0 aromatic carbocycles. The molecule has 0 aliphatic rings. The van der Waals surface area contributed by atoms with E-state index < -0.39 is 0 Å². The molecule has 3 aromatic heterocycles. The smallest absolute Gasteiger partial charge is 0.222 e. The van der Waals surface area contributed by atoms with Crippen molar-refractivity contribution in [2.45, 2.75) is 25.9 Å². The highest BCUT2D eigenvalue weighted by atomic mass is 16.3. The van der Waals surface area contributed by atoms with Crippen LogP contribution in [0.3, 0.4) is 0 Å². The van der Waals surface area contributed by atoms with Crippen LogP contribution in [0.4, 0.5) is 0 Å². The summed E-state index contributed by atoms with van der Waals surface area (Å²) in [5, 5.41) is 6.90. The Hall–Kier alpha value is -2.70. The van der Waals surface area contributed by atoms with E-state index in [4.69, 9.17) is 4.42 Å². The van der Waals surface area contributed by atoms with Gasteiger partial charge in [0, 0.05) is 25.0 Å². The number of hydrogen-bond donors (Lipinski definition) is 1. The molecule has 1 unspecified atom stereocenters. The Kier molecular flexibility index (Phi) is 3.63. The van der Waals surface area contributed by atoms with Gasteiger partial charge < -0.3 is 9.73 Å². The van der Waals surface area contributed by atoms with Crippen LogP contribution in [0.1, 0.15) is 25.3 Å². The van der Waals surface area contributed by atoms with Crippen LogP contribution >= 0.6 is 0 Å². The molecule has 0 bridgehead atoms. The average Bonchev–Trinajstić information content (AvgIpc) is 3.14. The van der Waals surface area contributed by atoms with Crippen LogP contribution in [0.2, 0.25) is 0 Å². The quantitative estimate of drug-likeness (QED) is 0.771. The number of amides is 1. The lowest BCUT2D eigenvalue weighted by Gasteiger charge is -2.11. The molecule has 1 N–H and O–H groups in total. The zero-order valence-corrected chi connectivity index (χ0v) is 11.6. The number of hydrogen-bond acceptors (Lipinski definition) is 5. The number of rotatable bonds is 5. The molecule has 0 fully saturated rings. The van der Waals surface area contributed by atoms with Crippen molar-refractivity contribution in [3.63, 3.8) is 0 Å². The molecule has 7 nitrogen and oxygen atoms in total. The molecular weight excluding hydrogens is 270 g/mol. The maximum atomic E-state index is 11.9. The molecule has 3 heterocycles. The van der Waals surface area contributed by atoms with Gasteiger partial charge in [0.15, 0.2) is 11.2 Å². The Morgan fingerprint density at radius 1 is 1.43 bits per heavy atom. The van der Waals surface area contributed by atoms with E-state index in [1.807, 2.05) is 19.2 Å². The number of nitrogens with one attached hydrogen (secondary N) is 1. The summed E-state index contributed by atoms with van der Waals surface area (Å²) in [6.07, 6.45) is 5.53. The minimum Gasteiger partial charge on any atom is -0.437 e. The second kappa shape index (κ2) is 5.74. The van der Waals surface area contributed by atoms with Crippen LogP contribution in [-0.2, 0) is 11.3 Å². The number of aromatic nitrogens is 4. The molecule has 0 aliphatic carbocycles. The van der Waals surface area contributed by atoms with Crippen molar-refractivity contribution in [3.05, 3.63) is 42.7 Å². The standard InChI is InChI=1S/C14H15N5O2/c1-10(19-7-3-6-17-19)8-12(20)16-9-13-18-14-11(21-13)4-2-5-15-14/h2-7,10H,8-9H2,1H3,(H,16,20). The number of pyridine rings is 1. The second-order valence-electron chi connectivity index (χ2n) is 4.75. The van der Waals surface area contributed by atoms with E-state index in [2.05, 4.69) is 20.4 Å². The number of carbonyl (C=O) groups excluding carboxylic acids is 1. The van der Waals surface area contributed by atoms with Gasteiger partial charge in [-0.15, -0.1) is 0 Å². The van der Waals surface area contributed by atoms with E-state index in [1.165, 1.54) is 0 Å². The Bertz CT molecular complexity index is 702. The van der Waals surface area contributed by atoms with E-state index in [0.29, 0.717) is 23.5 Å². The van der Waals surface area contributed by atoms with E-state index in [1.54, 1.807) is 29.2 Å². The fourth-order valence-electron chi connectivity index (χ4n) is 2.04. The zero-order valence-electron chi connectivity index (χ0n) is 11.6. The molecule has 0 spiro atoms. The monoisotopic (exact) mass is 285 g/mol. The Labute approximate surface area is 121 Å². The molecule has 1 atom stereocenters. The van der Waals surface area contributed by atoms with Crippen molar-refractivity contribution in [1.82, 2.24) is 25.1 Å². The van der Waals surface area contributed by atoms with Gasteiger partial charge in [-0.2, -0.15) is 10.1 Å². The maximum Gasteiger partial charge on any atom is 0.222 e. The third kappa shape index (κ3) is 3.07. The average molecular weight is 285 g/mol. The fraction of sp³-hybridized carbons (Fsp3) is 0.286. The van der Waals surface area contributed by atoms with E-state index in [-0.39, 0.29) is 18.5 Å². The molecule has 0 saturated heterocycles. The van der Waals surface area contributed by atoms with Gasteiger partial charge in [-0.25, -0.2) is 4.98 Å². The Morgan fingerprint density at radius 2 is 2.33 bits per heavy atom. The number of carbonyl (C=O) groups is 1. The summed E-state index contributed by atoms with van der Waals surface area (Å²) >= 11 is 0. The molecule has 3 rings (SSSR count).